The molecule has 1 amide bonds. The number of benzene rings is 1. The zero-order valence-corrected chi connectivity index (χ0v) is 8.95. The van der Waals surface area contributed by atoms with Gasteiger partial charge in [0.15, 0.2) is 5.01 Å². The topological polar surface area (TPSA) is 56.0 Å². The van der Waals surface area contributed by atoms with Crippen LogP contribution in [0.2, 0.25) is 5.02 Å². The van der Waals surface area contributed by atoms with Gasteiger partial charge in [-0.3, -0.25) is 4.79 Å². The second-order valence-electron chi connectivity index (χ2n) is 2.95. The number of carbonyl (C=O) groups excluding carboxylic acids is 1. The lowest BCUT2D eigenvalue weighted by Gasteiger charge is -1.94. The van der Waals surface area contributed by atoms with Crippen molar-refractivity contribution in [3.63, 3.8) is 0 Å². The predicted octanol–water partition coefficient (Wildman–Crippen LogP) is 2.36. The Morgan fingerprint density at radius 2 is 2.29 bits per heavy atom. The first-order valence-corrected chi connectivity index (χ1v) is 5.14. The van der Waals surface area contributed by atoms with Gasteiger partial charge < -0.3 is 5.73 Å². The highest BCUT2D eigenvalue weighted by Crippen LogP contribution is 2.27. The molecule has 0 spiro atoms. The van der Waals surface area contributed by atoms with Crippen molar-refractivity contribution in [2.24, 2.45) is 5.73 Å². The van der Waals surface area contributed by atoms with Gasteiger partial charge in [-0.15, -0.1) is 11.3 Å². The maximum absolute atomic E-state index is 10.9. The molecule has 0 fully saturated rings. The molecule has 1 aromatic carbocycles. The summed E-state index contributed by atoms with van der Waals surface area (Å²) in [5.41, 5.74) is 6.82. The van der Waals surface area contributed by atoms with E-state index in [4.69, 9.17) is 17.3 Å². The molecule has 72 valence electrons. The first-order chi connectivity index (χ1) is 6.58. The van der Waals surface area contributed by atoms with E-state index in [0.717, 1.165) is 15.8 Å². The van der Waals surface area contributed by atoms with Crippen LogP contribution in [0.4, 0.5) is 0 Å². The van der Waals surface area contributed by atoms with Crippen molar-refractivity contribution in [2.45, 2.75) is 6.92 Å². The molecular weight excluding hydrogens is 220 g/mol. The van der Waals surface area contributed by atoms with Gasteiger partial charge in [-0.1, -0.05) is 11.6 Å². The molecular formula is C9H7ClN2OS. The van der Waals surface area contributed by atoms with E-state index in [1.54, 1.807) is 6.07 Å². The first-order valence-electron chi connectivity index (χ1n) is 3.94. The van der Waals surface area contributed by atoms with Gasteiger partial charge in [0.05, 0.1) is 10.2 Å². The Balaban J connectivity index is 2.72. The van der Waals surface area contributed by atoms with Gasteiger partial charge in [0.1, 0.15) is 0 Å². The number of rotatable bonds is 1. The lowest BCUT2D eigenvalue weighted by molar-refractivity contribution is 0.1000. The van der Waals surface area contributed by atoms with Crippen molar-refractivity contribution in [3.8, 4) is 0 Å². The number of primary amides is 1. The molecule has 1 heterocycles. The smallest absolute Gasteiger partial charge is 0.277 e. The quantitative estimate of drug-likeness (QED) is 0.812. The fraction of sp³-hybridized carbons (Fsp3) is 0.111. The van der Waals surface area contributed by atoms with Gasteiger partial charge in [0.2, 0.25) is 0 Å². The van der Waals surface area contributed by atoms with E-state index in [0.29, 0.717) is 10.0 Å². The van der Waals surface area contributed by atoms with E-state index >= 15 is 0 Å². The van der Waals surface area contributed by atoms with Crippen molar-refractivity contribution >= 4 is 39.1 Å². The standard InChI is InChI=1S/C9H7ClN2OS/c1-4-2-7-6(3-5(4)10)12-9(14-7)8(11)13/h2-3H,1H3,(H2,11,13). The fourth-order valence-electron chi connectivity index (χ4n) is 1.16. The maximum atomic E-state index is 10.9. The lowest BCUT2D eigenvalue weighted by atomic mass is 10.2. The van der Waals surface area contributed by atoms with Gasteiger partial charge in [-0.2, -0.15) is 0 Å². The minimum atomic E-state index is -0.500. The SMILES string of the molecule is Cc1cc2sc(C(N)=O)nc2cc1Cl. The van der Waals surface area contributed by atoms with Crippen LogP contribution in [0.1, 0.15) is 15.4 Å². The molecule has 0 saturated heterocycles. The molecule has 5 heteroatoms. The van der Waals surface area contributed by atoms with E-state index in [9.17, 15) is 4.79 Å². The number of amides is 1. The summed E-state index contributed by atoms with van der Waals surface area (Å²) in [5.74, 6) is -0.500. The molecule has 0 unspecified atom stereocenters. The van der Waals surface area contributed by atoms with Crippen LogP contribution in [-0.4, -0.2) is 10.9 Å². The molecule has 0 saturated carbocycles. The molecule has 1 aromatic heterocycles. The predicted molar refractivity (Wildman–Crippen MR) is 57.9 cm³/mol. The van der Waals surface area contributed by atoms with E-state index in [1.807, 2.05) is 13.0 Å². The van der Waals surface area contributed by atoms with Crippen molar-refractivity contribution in [3.05, 3.63) is 27.7 Å². The van der Waals surface area contributed by atoms with E-state index in [-0.39, 0.29) is 0 Å². The first kappa shape index (κ1) is 9.43. The highest BCUT2D eigenvalue weighted by Gasteiger charge is 2.09. The number of thiazole rings is 1. The summed E-state index contributed by atoms with van der Waals surface area (Å²) >= 11 is 7.21. The van der Waals surface area contributed by atoms with Crippen LogP contribution >= 0.6 is 22.9 Å². The van der Waals surface area contributed by atoms with Gasteiger partial charge in [0, 0.05) is 5.02 Å². The van der Waals surface area contributed by atoms with Gasteiger partial charge in [-0.25, -0.2) is 4.98 Å². The van der Waals surface area contributed by atoms with Crippen molar-refractivity contribution in [1.29, 1.82) is 0 Å². The van der Waals surface area contributed by atoms with Gasteiger partial charge in [-0.05, 0) is 24.6 Å². The molecule has 0 aliphatic heterocycles. The van der Waals surface area contributed by atoms with Crippen LogP contribution in [0.25, 0.3) is 10.2 Å². The lowest BCUT2D eigenvalue weighted by Crippen LogP contribution is -2.09. The van der Waals surface area contributed by atoms with Crippen LogP contribution in [0, 0.1) is 6.92 Å². The van der Waals surface area contributed by atoms with Crippen LogP contribution in [0.3, 0.4) is 0 Å². The van der Waals surface area contributed by atoms with E-state index in [2.05, 4.69) is 4.98 Å². The number of nitrogens with zero attached hydrogens (tertiary/aromatic N) is 1. The largest absolute Gasteiger partial charge is 0.364 e. The van der Waals surface area contributed by atoms with E-state index in [1.165, 1.54) is 11.3 Å². The number of hydrogen-bond acceptors (Lipinski definition) is 3. The Bertz CT molecular complexity index is 482. The average Bonchev–Trinajstić information content (AvgIpc) is 2.48. The Kier molecular flexibility index (Phi) is 2.17. The van der Waals surface area contributed by atoms with Gasteiger partial charge in [0.25, 0.3) is 5.91 Å². The summed E-state index contributed by atoms with van der Waals surface area (Å²) in [6, 6.07) is 3.65. The Hall–Kier alpha value is -1.13. The highest BCUT2D eigenvalue weighted by molar-refractivity contribution is 7.20. The summed E-state index contributed by atoms with van der Waals surface area (Å²) in [4.78, 5) is 15.0. The van der Waals surface area contributed by atoms with Crippen molar-refractivity contribution < 1.29 is 4.79 Å². The highest BCUT2D eigenvalue weighted by atomic mass is 35.5. The molecule has 0 aliphatic carbocycles. The molecule has 0 atom stereocenters. The number of fused-ring (bicyclic) bond motifs is 1. The second kappa shape index (κ2) is 3.22. The molecule has 2 N–H and O–H groups in total. The number of carbonyl (C=O) groups is 1. The normalized spacial score (nSPS) is 10.7. The minimum Gasteiger partial charge on any atom is -0.364 e. The fourth-order valence-corrected chi connectivity index (χ4v) is 2.21. The third-order valence-electron chi connectivity index (χ3n) is 1.88. The zero-order chi connectivity index (χ0) is 10.3. The average molecular weight is 227 g/mol. The zero-order valence-electron chi connectivity index (χ0n) is 7.37. The molecule has 2 aromatic rings. The molecule has 0 aliphatic rings. The number of nitrogens with two attached hydrogens (primary N) is 1. The Morgan fingerprint density at radius 1 is 1.57 bits per heavy atom. The molecule has 14 heavy (non-hydrogen) atoms. The number of halogens is 1. The third kappa shape index (κ3) is 1.47. The third-order valence-corrected chi connectivity index (χ3v) is 3.32. The van der Waals surface area contributed by atoms with Crippen LogP contribution in [0.5, 0.6) is 0 Å². The second-order valence-corrected chi connectivity index (χ2v) is 4.39. The molecule has 3 nitrogen and oxygen atoms in total. The van der Waals surface area contributed by atoms with Crippen molar-refractivity contribution in [2.75, 3.05) is 0 Å². The summed E-state index contributed by atoms with van der Waals surface area (Å²) in [6.45, 7) is 1.91. The summed E-state index contributed by atoms with van der Waals surface area (Å²) in [6.07, 6.45) is 0. The van der Waals surface area contributed by atoms with Crippen LogP contribution in [-0.2, 0) is 0 Å². The van der Waals surface area contributed by atoms with Crippen LogP contribution in [0.15, 0.2) is 12.1 Å². The summed E-state index contributed by atoms with van der Waals surface area (Å²) in [5, 5.41) is 0.973. The van der Waals surface area contributed by atoms with E-state index < -0.39 is 5.91 Å². The Labute approximate surface area is 89.5 Å². The van der Waals surface area contributed by atoms with Gasteiger partial charge >= 0.3 is 0 Å². The maximum Gasteiger partial charge on any atom is 0.277 e. The summed E-state index contributed by atoms with van der Waals surface area (Å²) < 4.78 is 0.931. The Morgan fingerprint density at radius 3 is 2.93 bits per heavy atom. The number of hydrogen-bond donors (Lipinski definition) is 1. The molecule has 0 radical (unpaired) electrons. The van der Waals surface area contributed by atoms with Crippen LogP contribution < -0.4 is 5.73 Å². The monoisotopic (exact) mass is 226 g/mol. The summed E-state index contributed by atoms with van der Waals surface area (Å²) in [7, 11) is 0. The molecule has 0 bridgehead atoms. The van der Waals surface area contributed by atoms with Crippen molar-refractivity contribution in [1.82, 2.24) is 4.98 Å². The number of aromatic nitrogens is 1. The number of aryl methyl sites for hydroxylation is 1. The minimum absolute atomic E-state index is 0.321. The molecule has 2 rings (SSSR count).